The van der Waals surface area contributed by atoms with Gasteiger partial charge < -0.3 is 4.74 Å². The molecule has 6 nitrogen and oxygen atoms in total. The molecule has 0 aliphatic carbocycles. The van der Waals surface area contributed by atoms with Crippen molar-refractivity contribution < 1.29 is 14.1 Å². The highest BCUT2D eigenvalue weighted by Crippen LogP contribution is 2.32. The predicted molar refractivity (Wildman–Crippen MR) is 59.9 cm³/mol. The number of hydrogen-bond acceptors (Lipinski definition) is 5. The number of rotatable bonds is 3. The molecule has 0 N–H and O–H groups in total. The Bertz CT molecular complexity index is 587. The Morgan fingerprint density at radius 3 is 2.61 bits per heavy atom. The van der Waals surface area contributed by atoms with Crippen molar-refractivity contribution in [3.63, 3.8) is 0 Å². The number of para-hydroxylation sites is 1. The third kappa shape index (κ3) is 2.40. The largest absolute Gasteiger partial charge is 0.417 e. The maximum atomic E-state index is 12.6. The van der Waals surface area contributed by atoms with Gasteiger partial charge in [-0.1, -0.05) is 12.1 Å². The normalized spacial score (nSPS) is 10.1. The maximum absolute atomic E-state index is 12.6. The van der Waals surface area contributed by atoms with Crippen molar-refractivity contribution in [2.75, 3.05) is 0 Å². The molecule has 7 heteroatoms. The predicted octanol–water partition coefficient (Wildman–Crippen LogP) is 2.62. The van der Waals surface area contributed by atoms with Crippen molar-refractivity contribution in [3.8, 4) is 11.8 Å². The van der Waals surface area contributed by atoms with Crippen LogP contribution in [0.5, 0.6) is 11.8 Å². The van der Waals surface area contributed by atoms with Gasteiger partial charge in [0.2, 0.25) is 5.75 Å². The van der Waals surface area contributed by atoms with Gasteiger partial charge in [0.25, 0.3) is 0 Å². The van der Waals surface area contributed by atoms with Crippen LogP contribution in [0, 0.1) is 22.9 Å². The molecule has 1 aromatic carbocycles. The first kappa shape index (κ1) is 11.9. The molecule has 2 rings (SSSR count). The van der Waals surface area contributed by atoms with Crippen molar-refractivity contribution in [2.24, 2.45) is 0 Å². The van der Waals surface area contributed by atoms with E-state index in [1.807, 2.05) is 0 Å². The first-order valence-electron chi connectivity index (χ1n) is 4.97. The topological polar surface area (TPSA) is 78.2 Å². The van der Waals surface area contributed by atoms with Crippen LogP contribution in [0.15, 0.2) is 30.6 Å². The van der Waals surface area contributed by atoms with E-state index in [4.69, 9.17) is 4.74 Å². The van der Waals surface area contributed by atoms with Crippen molar-refractivity contribution in [3.05, 3.63) is 52.1 Å². The molecule has 0 saturated heterocycles. The molecular formula is C11H8FN3O3. The van der Waals surface area contributed by atoms with Gasteiger partial charge in [-0.05, 0) is 13.0 Å². The quantitative estimate of drug-likeness (QED) is 0.617. The molecule has 2 aromatic rings. The first-order chi connectivity index (χ1) is 8.58. The fourth-order valence-electron chi connectivity index (χ4n) is 1.40. The molecule has 0 spiro atoms. The van der Waals surface area contributed by atoms with Crippen LogP contribution in [0.3, 0.4) is 0 Å². The lowest BCUT2D eigenvalue weighted by Gasteiger charge is -2.05. The van der Waals surface area contributed by atoms with E-state index in [-0.39, 0.29) is 17.4 Å². The smallest absolute Gasteiger partial charge is 0.322 e. The van der Waals surface area contributed by atoms with Crippen LogP contribution in [-0.2, 0) is 0 Å². The average molecular weight is 249 g/mol. The molecule has 0 saturated carbocycles. The van der Waals surface area contributed by atoms with E-state index in [1.165, 1.54) is 6.07 Å². The van der Waals surface area contributed by atoms with E-state index in [9.17, 15) is 14.5 Å². The molecule has 1 aromatic heterocycles. The van der Waals surface area contributed by atoms with Gasteiger partial charge in [-0.15, -0.1) is 0 Å². The number of aromatic nitrogens is 2. The Kier molecular flexibility index (Phi) is 3.13. The van der Waals surface area contributed by atoms with Crippen molar-refractivity contribution in [2.45, 2.75) is 6.92 Å². The number of benzene rings is 1. The van der Waals surface area contributed by atoms with Crippen LogP contribution in [0.4, 0.5) is 10.1 Å². The highest BCUT2D eigenvalue weighted by atomic mass is 19.1. The first-order valence-corrected chi connectivity index (χ1v) is 4.97. The van der Waals surface area contributed by atoms with E-state index in [1.54, 1.807) is 19.1 Å². The van der Waals surface area contributed by atoms with Crippen LogP contribution in [-0.4, -0.2) is 14.9 Å². The highest BCUT2D eigenvalue weighted by Gasteiger charge is 2.19. The number of nitro groups is 1. The number of aryl methyl sites for hydroxylation is 1. The summed E-state index contributed by atoms with van der Waals surface area (Å²) >= 11 is 0. The van der Waals surface area contributed by atoms with Gasteiger partial charge in [0.05, 0.1) is 17.3 Å². The third-order valence-electron chi connectivity index (χ3n) is 2.18. The van der Waals surface area contributed by atoms with E-state index in [0.29, 0.717) is 5.56 Å². The third-order valence-corrected chi connectivity index (χ3v) is 2.18. The lowest BCUT2D eigenvalue weighted by molar-refractivity contribution is -0.386. The average Bonchev–Trinajstić information content (AvgIpc) is 2.32. The zero-order valence-electron chi connectivity index (χ0n) is 9.33. The fourth-order valence-corrected chi connectivity index (χ4v) is 1.40. The lowest BCUT2D eigenvalue weighted by atomic mass is 10.2. The van der Waals surface area contributed by atoms with Crippen molar-refractivity contribution in [1.82, 2.24) is 9.97 Å². The summed E-state index contributed by atoms with van der Waals surface area (Å²) in [6.45, 7) is 1.59. The molecule has 1 heterocycles. The molecule has 0 unspecified atom stereocenters. The molecule has 0 aliphatic rings. The number of nitrogens with zero attached hydrogens (tertiary/aromatic N) is 3. The van der Waals surface area contributed by atoms with E-state index in [0.717, 1.165) is 12.4 Å². The van der Waals surface area contributed by atoms with E-state index >= 15 is 0 Å². The Hall–Kier alpha value is -2.57. The van der Waals surface area contributed by atoms with Gasteiger partial charge in [0.15, 0.2) is 5.82 Å². The summed E-state index contributed by atoms with van der Waals surface area (Å²) in [5.74, 6) is -0.590. The summed E-state index contributed by atoms with van der Waals surface area (Å²) in [5.41, 5.74) is 0.296. The minimum Gasteiger partial charge on any atom is -0.417 e. The fraction of sp³-hybridized carbons (Fsp3) is 0.0909. The van der Waals surface area contributed by atoms with Gasteiger partial charge in [-0.2, -0.15) is 0 Å². The van der Waals surface area contributed by atoms with Gasteiger partial charge in [-0.3, -0.25) is 10.1 Å². The monoisotopic (exact) mass is 249 g/mol. The van der Waals surface area contributed by atoms with Gasteiger partial charge >= 0.3 is 11.7 Å². The molecule has 0 fully saturated rings. The molecule has 0 bridgehead atoms. The Labute approximate surface area is 101 Å². The molecule has 0 radical (unpaired) electrons. The van der Waals surface area contributed by atoms with Gasteiger partial charge in [0, 0.05) is 5.56 Å². The van der Waals surface area contributed by atoms with Crippen LogP contribution >= 0.6 is 0 Å². The second-order valence-electron chi connectivity index (χ2n) is 3.46. The zero-order valence-corrected chi connectivity index (χ0v) is 9.33. The Balaban J connectivity index is 2.37. The molecule has 92 valence electrons. The Morgan fingerprint density at radius 1 is 1.33 bits per heavy atom. The number of ether oxygens (including phenoxy) is 1. The second-order valence-corrected chi connectivity index (χ2v) is 3.46. The minimum absolute atomic E-state index is 0.0200. The van der Waals surface area contributed by atoms with Gasteiger partial charge in [-0.25, -0.2) is 14.4 Å². The van der Waals surface area contributed by atoms with Gasteiger partial charge in [0.1, 0.15) is 0 Å². The van der Waals surface area contributed by atoms with E-state index < -0.39 is 10.7 Å². The highest BCUT2D eigenvalue weighted by molar-refractivity contribution is 5.52. The summed E-state index contributed by atoms with van der Waals surface area (Å²) in [4.78, 5) is 17.5. The summed E-state index contributed by atoms with van der Waals surface area (Å²) in [6, 6.07) is 4.49. The zero-order chi connectivity index (χ0) is 13.1. The molecule has 18 heavy (non-hydrogen) atoms. The second kappa shape index (κ2) is 4.74. The maximum Gasteiger partial charge on any atom is 0.322 e. The van der Waals surface area contributed by atoms with Crippen molar-refractivity contribution >= 4 is 5.69 Å². The summed E-state index contributed by atoms with van der Waals surface area (Å²) in [5, 5.41) is 10.9. The van der Waals surface area contributed by atoms with Crippen LogP contribution in [0.1, 0.15) is 5.56 Å². The van der Waals surface area contributed by atoms with Crippen LogP contribution in [0.2, 0.25) is 0 Å². The molecule has 0 amide bonds. The molecular weight excluding hydrogens is 241 g/mol. The molecule has 0 atom stereocenters. The lowest BCUT2D eigenvalue weighted by Crippen LogP contribution is -1.98. The Morgan fingerprint density at radius 2 is 2.00 bits per heavy atom. The van der Waals surface area contributed by atoms with Crippen LogP contribution < -0.4 is 4.74 Å². The number of hydrogen-bond donors (Lipinski definition) is 0. The summed E-state index contributed by atoms with van der Waals surface area (Å²) in [7, 11) is 0. The SMILES string of the molecule is Cc1cccc(Oc2ncc(F)cn2)c1[N+](=O)[O-]. The minimum atomic E-state index is -0.610. The molecule has 0 aliphatic heterocycles. The number of nitro benzene ring substituents is 1. The summed E-state index contributed by atoms with van der Waals surface area (Å²) < 4.78 is 17.8. The van der Waals surface area contributed by atoms with Crippen LogP contribution in [0.25, 0.3) is 0 Å². The number of halogens is 1. The van der Waals surface area contributed by atoms with E-state index in [2.05, 4.69) is 9.97 Å². The summed E-state index contributed by atoms with van der Waals surface area (Å²) in [6.07, 6.45) is 1.84. The van der Waals surface area contributed by atoms with Crippen molar-refractivity contribution in [1.29, 1.82) is 0 Å². The standard InChI is InChI=1S/C11H8FN3O3/c1-7-3-2-4-9(10(7)15(16)17)18-11-13-5-8(12)6-14-11/h2-6H,1H3.